The highest BCUT2D eigenvalue weighted by atomic mass is 16.5. The van der Waals surface area contributed by atoms with E-state index in [9.17, 15) is 5.11 Å². The summed E-state index contributed by atoms with van der Waals surface area (Å²) in [5, 5.41) is 10.5. The average molecular weight is 204 g/mol. The van der Waals surface area contributed by atoms with Gasteiger partial charge >= 0.3 is 0 Å². The lowest BCUT2D eigenvalue weighted by Gasteiger charge is -2.20. The summed E-state index contributed by atoms with van der Waals surface area (Å²) in [5.41, 5.74) is 0. The Kier molecular flexibility index (Phi) is 10.8. The first-order valence-electron chi connectivity index (χ1n) is 5.13. The van der Waals surface area contributed by atoms with Crippen molar-refractivity contribution in [1.82, 2.24) is 4.90 Å². The highest BCUT2D eigenvalue weighted by Crippen LogP contribution is 1.94. The van der Waals surface area contributed by atoms with Gasteiger partial charge in [-0.15, -0.1) is 0 Å². The maximum Gasteiger partial charge on any atom is 0.0949 e. The Morgan fingerprint density at radius 3 is 1.79 bits per heavy atom. The van der Waals surface area contributed by atoms with Crippen molar-refractivity contribution in [3.8, 4) is 0 Å². The molecule has 0 saturated heterocycles. The Bertz CT molecular complexity index is 102. The Morgan fingerprint density at radius 2 is 1.43 bits per heavy atom. The van der Waals surface area contributed by atoms with Gasteiger partial charge in [0, 0.05) is 47.1 Å². The lowest BCUT2D eigenvalue weighted by molar-refractivity contribution is 0.116. The maximum absolute atomic E-state index is 10.5. The summed E-state index contributed by atoms with van der Waals surface area (Å²) in [7, 11) is 3.39. The summed E-state index contributed by atoms with van der Waals surface area (Å²) in [6, 6.07) is 0. The summed E-state index contributed by atoms with van der Waals surface area (Å²) in [6.07, 6.45) is 1.98. The Hall–Kier alpha value is -0.160. The molecular formula is C10H22NO3. The molecule has 0 aromatic rings. The Labute approximate surface area is 86.8 Å². The molecule has 0 atom stereocenters. The number of rotatable bonds is 10. The molecule has 0 bridgehead atoms. The molecule has 0 unspecified atom stereocenters. The normalized spacial score (nSPS) is 11.1. The van der Waals surface area contributed by atoms with Gasteiger partial charge in [0.05, 0.1) is 6.61 Å². The number of methoxy groups -OCH3 is 2. The third-order valence-electron chi connectivity index (χ3n) is 2.05. The van der Waals surface area contributed by atoms with Crippen molar-refractivity contribution >= 4 is 0 Å². The zero-order valence-corrected chi connectivity index (χ0v) is 9.33. The topological polar surface area (TPSA) is 41.6 Å². The van der Waals surface area contributed by atoms with E-state index in [0.717, 1.165) is 39.1 Å². The van der Waals surface area contributed by atoms with Gasteiger partial charge in [-0.2, -0.15) is 0 Å². The highest BCUT2D eigenvalue weighted by Gasteiger charge is 2.03. The van der Waals surface area contributed by atoms with E-state index in [0.29, 0.717) is 6.54 Å². The van der Waals surface area contributed by atoms with Crippen molar-refractivity contribution in [3.05, 3.63) is 0 Å². The van der Waals surface area contributed by atoms with Crippen LogP contribution in [0.4, 0.5) is 0 Å². The molecule has 4 nitrogen and oxygen atoms in total. The van der Waals surface area contributed by atoms with E-state index in [1.165, 1.54) is 0 Å². The average Bonchev–Trinajstić information content (AvgIpc) is 2.18. The fourth-order valence-corrected chi connectivity index (χ4v) is 1.33. The molecule has 0 saturated carbocycles. The predicted molar refractivity (Wildman–Crippen MR) is 55.0 cm³/mol. The first kappa shape index (κ1) is 13.8. The molecule has 0 spiro atoms. The smallest absolute Gasteiger partial charge is 0.0949 e. The summed E-state index contributed by atoms with van der Waals surface area (Å²) in [4.78, 5) is 2.17. The minimum Gasteiger partial charge on any atom is -0.385 e. The second-order valence-electron chi connectivity index (χ2n) is 3.24. The second kappa shape index (κ2) is 10.9. The largest absolute Gasteiger partial charge is 0.385 e. The first-order chi connectivity index (χ1) is 6.85. The van der Waals surface area contributed by atoms with Crippen LogP contribution in [0.5, 0.6) is 0 Å². The van der Waals surface area contributed by atoms with Gasteiger partial charge in [-0.3, -0.25) is 0 Å². The van der Waals surface area contributed by atoms with E-state index in [1.54, 1.807) is 14.2 Å². The molecule has 0 fully saturated rings. The molecule has 4 heteroatoms. The molecular weight excluding hydrogens is 182 g/mol. The molecule has 0 amide bonds. The standard InChI is InChI=1S/C10H22NO3/c1-13-9-3-5-11(7-8-12)6-4-10-14-2/h3-10H2,1-2H3. The van der Waals surface area contributed by atoms with Crippen LogP contribution in [-0.4, -0.2) is 58.6 Å². The van der Waals surface area contributed by atoms with Crippen molar-refractivity contribution in [2.75, 3.05) is 53.7 Å². The monoisotopic (exact) mass is 204 g/mol. The highest BCUT2D eigenvalue weighted by molar-refractivity contribution is 4.57. The summed E-state index contributed by atoms with van der Waals surface area (Å²) >= 11 is 0. The van der Waals surface area contributed by atoms with Crippen LogP contribution in [0.1, 0.15) is 12.8 Å². The van der Waals surface area contributed by atoms with Crippen molar-refractivity contribution in [2.45, 2.75) is 12.8 Å². The number of hydrogen-bond donors (Lipinski definition) is 0. The molecule has 1 radical (unpaired) electrons. The molecule has 0 aliphatic rings. The van der Waals surface area contributed by atoms with Gasteiger partial charge in [-0.05, 0) is 12.8 Å². The van der Waals surface area contributed by atoms with E-state index in [4.69, 9.17) is 9.47 Å². The van der Waals surface area contributed by atoms with Crippen LogP contribution >= 0.6 is 0 Å². The molecule has 0 aromatic carbocycles. The molecule has 0 aliphatic carbocycles. The van der Waals surface area contributed by atoms with E-state index >= 15 is 0 Å². The van der Waals surface area contributed by atoms with Crippen LogP contribution in [-0.2, 0) is 14.6 Å². The minimum atomic E-state index is -0.0278. The molecule has 0 aromatic heterocycles. The van der Waals surface area contributed by atoms with Crippen LogP contribution in [0.2, 0.25) is 0 Å². The van der Waals surface area contributed by atoms with Gasteiger partial charge in [-0.1, -0.05) is 0 Å². The Balaban J connectivity index is 3.44. The van der Waals surface area contributed by atoms with Crippen LogP contribution < -0.4 is 0 Å². The number of nitrogens with zero attached hydrogens (tertiary/aromatic N) is 1. The van der Waals surface area contributed by atoms with Gasteiger partial charge < -0.3 is 14.4 Å². The fraction of sp³-hybridized carbons (Fsp3) is 1.00. The van der Waals surface area contributed by atoms with Crippen LogP contribution in [0.3, 0.4) is 0 Å². The number of ether oxygens (including phenoxy) is 2. The Morgan fingerprint density at radius 1 is 0.929 bits per heavy atom. The summed E-state index contributed by atoms with van der Waals surface area (Å²) in [5.74, 6) is 0. The van der Waals surface area contributed by atoms with Crippen molar-refractivity contribution in [3.63, 3.8) is 0 Å². The van der Waals surface area contributed by atoms with Gasteiger partial charge in [-0.25, -0.2) is 5.11 Å². The molecule has 0 rings (SSSR count). The second-order valence-corrected chi connectivity index (χ2v) is 3.24. The van der Waals surface area contributed by atoms with Crippen molar-refractivity contribution < 1.29 is 14.6 Å². The van der Waals surface area contributed by atoms with Gasteiger partial charge in [0.1, 0.15) is 0 Å². The van der Waals surface area contributed by atoms with Crippen molar-refractivity contribution in [1.29, 1.82) is 0 Å². The van der Waals surface area contributed by atoms with E-state index in [-0.39, 0.29) is 6.61 Å². The molecule has 0 aliphatic heterocycles. The van der Waals surface area contributed by atoms with Crippen molar-refractivity contribution in [2.24, 2.45) is 0 Å². The van der Waals surface area contributed by atoms with E-state index in [1.807, 2.05) is 0 Å². The molecule has 85 valence electrons. The van der Waals surface area contributed by atoms with Gasteiger partial charge in [0.25, 0.3) is 0 Å². The van der Waals surface area contributed by atoms with Gasteiger partial charge in [0.2, 0.25) is 0 Å². The summed E-state index contributed by atoms with van der Waals surface area (Å²) < 4.78 is 9.93. The van der Waals surface area contributed by atoms with Crippen LogP contribution in [0.25, 0.3) is 0 Å². The zero-order chi connectivity index (χ0) is 10.6. The molecule has 14 heavy (non-hydrogen) atoms. The lowest BCUT2D eigenvalue weighted by Crippen LogP contribution is -2.30. The summed E-state index contributed by atoms with van der Waals surface area (Å²) in [6.45, 7) is 4.02. The van der Waals surface area contributed by atoms with Crippen LogP contribution in [0, 0.1) is 0 Å². The number of hydrogen-bond acceptors (Lipinski definition) is 3. The maximum atomic E-state index is 10.5. The predicted octanol–water partition coefficient (Wildman–Crippen LogP) is 0.792. The molecule has 0 heterocycles. The third-order valence-corrected chi connectivity index (χ3v) is 2.05. The molecule has 0 N–H and O–H groups in total. The minimum absolute atomic E-state index is 0.0278. The lowest BCUT2D eigenvalue weighted by atomic mass is 10.3. The first-order valence-corrected chi connectivity index (χ1v) is 5.13. The van der Waals surface area contributed by atoms with Crippen LogP contribution in [0.15, 0.2) is 0 Å². The quantitative estimate of drug-likeness (QED) is 0.494. The SMILES string of the molecule is COCCCN(CC[O])CCCOC. The van der Waals surface area contributed by atoms with Gasteiger partial charge in [0.15, 0.2) is 0 Å². The van der Waals surface area contributed by atoms with E-state index < -0.39 is 0 Å². The zero-order valence-electron chi connectivity index (χ0n) is 9.33. The fourth-order valence-electron chi connectivity index (χ4n) is 1.33. The third kappa shape index (κ3) is 8.44. The van der Waals surface area contributed by atoms with E-state index in [2.05, 4.69) is 4.90 Å².